The summed E-state index contributed by atoms with van der Waals surface area (Å²) in [4.78, 5) is 24.1. The first kappa shape index (κ1) is 32.0. The Hall–Kier alpha value is -4.49. The van der Waals surface area contributed by atoms with Crippen LogP contribution in [0.25, 0.3) is 22.3 Å². The molecular weight excluding hydrogens is 535 g/mol. The van der Waals surface area contributed by atoms with Crippen LogP contribution < -0.4 is 9.47 Å². The molecule has 0 radical (unpaired) electrons. The van der Waals surface area contributed by atoms with Crippen molar-refractivity contribution in [1.29, 1.82) is 0 Å². The number of aliphatic hydroxyl groups is 1. The van der Waals surface area contributed by atoms with Gasteiger partial charge in [0.05, 0.1) is 0 Å². The average Bonchev–Trinajstić information content (AvgIpc) is 2.96. The zero-order valence-corrected chi connectivity index (χ0v) is 24.4. The van der Waals surface area contributed by atoms with Crippen molar-refractivity contribution in [3.8, 4) is 33.8 Å². The standard InChI is InChI=1S/C35H37FO6/c1-6-7-8-9-25-10-12-26(13-11-25)27-14-15-29(31(36)20-27)30-22-32(40-18-19-41-34(38)23(2)3)28(16-17-37)21-33(30)42-35(39)24(4)5/h10-15,18-22,37H,2,4,6-9,16-17H2,1,3,5H3/b19-18-. The number of rotatable bonds is 14. The van der Waals surface area contributed by atoms with Crippen LogP contribution in [0.1, 0.15) is 51.2 Å². The van der Waals surface area contributed by atoms with Crippen LogP contribution in [-0.2, 0) is 27.2 Å². The van der Waals surface area contributed by atoms with Gasteiger partial charge < -0.3 is 19.3 Å². The van der Waals surface area contributed by atoms with Crippen molar-refractivity contribution < 1.29 is 33.3 Å². The molecule has 0 aliphatic carbocycles. The van der Waals surface area contributed by atoms with Crippen LogP contribution in [0.15, 0.2) is 91.4 Å². The molecule has 0 saturated heterocycles. The summed E-state index contributed by atoms with van der Waals surface area (Å²) in [5.74, 6) is -1.50. The van der Waals surface area contributed by atoms with Gasteiger partial charge in [-0.25, -0.2) is 14.0 Å². The maximum absolute atomic E-state index is 15.7. The van der Waals surface area contributed by atoms with E-state index in [4.69, 9.17) is 14.2 Å². The molecular formula is C35H37FO6. The van der Waals surface area contributed by atoms with Crippen molar-refractivity contribution in [1.82, 2.24) is 0 Å². The zero-order valence-electron chi connectivity index (χ0n) is 24.4. The molecule has 1 N–H and O–H groups in total. The lowest BCUT2D eigenvalue weighted by Gasteiger charge is -2.17. The van der Waals surface area contributed by atoms with E-state index < -0.39 is 17.8 Å². The Morgan fingerprint density at radius 1 is 0.833 bits per heavy atom. The van der Waals surface area contributed by atoms with E-state index in [9.17, 15) is 14.7 Å². The van der Waals surface area contributed by atoms with Crippen molar-refractivity contribution in [3.63, 3.8) is 0 Å². The van der Waals surface area contributed by atoms with E-state index in [0.29, 0.717) is 11.1 Å². The lowest BCUT2D eigenvalue weighted by Crippen LogP contribution is -2.10. The molecule has 0 heterocycles. The Morgan fingerprint density at radius 2 is 1.52 bits per heavy atom. The molecule has 7 heteroatoms. The summed E-state index contributed by atoms with van der Waals surface area (Å²) >= 11 is 0. The molecule has 0 atom stereocenters. The minimum Gasteiger partial charge on any atom is -0.461 e. The van der Waals surface area contributed by atoms with Gasteiger partial charge in [-0.2, -0.15) is 0 Å². The van der Waals surface area contributed by atoms with Gasteiger partial charge in [0.2, 0.25) is 0 Å². The summed E-state index contributed by atoms with van der Waals surface area (Å²) in [6.45, 7) is 12.1. The quantitative estimate of drug-likeness (QED) is 0.0696. The minimum atomic E-state index is -0.678. The lowest BCUT2D eigenvalue weighted by atomic mass is 9.96. The van der Waals surface area contributed by atoms with Crippen LogP contribution in [0.5, 0.6) is 11.5 Å². The molecule has 3 rings (SSSR count). The smallest absolute Gasteiger partial charge is 0.338 e. The predicted octanol–water partition coefficient (Wildman–Crippen LogP) is 7.88. The first-order valence-electron chi connectivity index (χ1n) is 13.9. The van der Waals surface area contributed by atoms with E-state index in [1.54, 1.807) is 12.1 Å². The number of halogens is 1. The molecule has 0 aliphatic heterocycles. The number of carbonyl (C=O) groups is 2. The lowest BCUT2D eigenvalue weighted by molar-refractivity contribution is -0.133. The maximum atomic E-state index is 15.7. The second-order valence-corrected chi connectivity index (χ2v) is 10.0. The third-order valence-electron chi connectivity index (χ3n) is 6.48. The van der Waals surface area contributed by atoms with Gasteiger partial charge in [-0.3, -0.25) is 0 Å². The predicted molar refractivity (Wildman–Crippen MR) is 162 cm³/mol. The molecule has 220 valence electrons. The zero-order chi connectivity index (χ0) is 30.6. The van der Waals surface area contributed by atoms with E-state index in [0.717, 1.165) is 37.4 Å². The molecule has 0 bridgehead atoms. The van der Waals surface area contributed by atoms with Crippen LogP contribution in [0.2, 0.25) is 0 Å². The highest BCUT2D eigenvalue weighted by atomic mass is 19.1. The summed E-state index contributed by atoms with van der Waals surface area (Å²) in [7, 11) is 0. The van der Waals surface area contributed by atoms with Crippen molar-refractivity contribution in [2.75, 3.05) is 6.61 Å². The highest BCUT2D eigenvalue weighted by molar-refractivity contribution is 5.90. The van der Waals surface area contributed by atoms with Gasteiger partial charge in [0.25, 0.3) is 0 Å². The Kier molecular flexibility index (Phi) is 11.8. The maximum Gasteiger partial charge on any atom is 0.338 e. The molecule has 0 aromatic heterocycles. The first-order chi connectivity index (χ1) is 20.1. The average molecular weight is 573 g/mol. The number of aryl methyl sites for hydroxylation is 1. The van der Waals surface area contributed by atoms with Crippen LogP contribution in [-0.4, -0.2) is 23.7 Å². The number of benzene rings is 3. The van der Waals surface area contributed by atoms with E-state index in [-0.39, 0.29) is 46.8 Å². The SMILES string of the molecule is C=C(C)C(=O)O/C=C\Oc1cc(-c2ccc(-c3ccc(CCCCC)cc3)cc2F)c(OC(=O)C(=C)C)cc1CCO. The van der Waals surface area contributed by atoms with E-state index in [2.05, 4.69) is 32.2 Å². The third kappa shape index (κ3) is 8.75. The van der Waals surface area contributed by atoms with Gasteiger partial charge in [-0.15, -0.1) is 0 Å². The van der Waals surface area contributed by atoms with Crippen LogP contribution >= 0.6 is 0 Å². The molecule has 0 fully saturated rings. The van der Waals surface area contributed by atoms with Gasteiger partial charge in [-0.1, -0.05) is 69.3 Å². The Balaban J connectivity index is 2.00. The Morgan fingerprint density at radius 3 is 2.14 bits per heavy atom. The van der Waals surface area contributed by atoms with Crippen LogP contribution in [0.3, 0.4) is 0 Å². The van der Waals surface area contributed by atoms with Crippen LogP contribution in [0, 0.1) is 5.82 Å². The summed E-state index contributed by atoms with van der Waals surface area (Å²) in [6, 6.07) is 16.0. The van der Waals surface area contributed by atoms with Gasteiger partial charge in [-0.05, 0) is 68.0 Å². The second-order valence-electron chi connectivity index (χ2n) is 10.0. The molecule has 0 aliphatic rings. The number of unbranched alkanes of at least 4 members (excludes halogenated alkanes) is 2. The highest BCUT2D eigenvalue weighted by Crippen LogP contribution is 2.39. The summed E-state index contributed by atoms with van der Waals surface area (Å²) in [5.41, 5.74) is 4.12. The van der Waals surface area contributed by atoms with Crippen molar-refractivity contribution in [3.05, 3.63) is 108 Å². The molecule has 3 aromatic carbocycles. The Labute approximate surface area is 246 Å². The number of hydrogen-bond acceptors (Lipinski definition) is 6. The minimum absolute atomic E-state index is 0.0829. The third-order valence-corrected chi connectivity index (χ3v) is 6.48. The highest BCUT2D eigenvalue weighted by Gasteiger charge is 2.19. The summed E-state index contributed by atoms with van der Waals surface area (Å²) < 4.78 is 31.9. The fourth-order valence-corrected chi connectivity index (χ4v) is 4.16. The summed E-state index contributed by atoms with van der Waals surface area (Å²) in [6.07, 6.45) is 6.85. The monoisotopic (exact) mass is 572 g/mol. The fourth-order valence-electron chi connectivity index (χ4n) is 4.16. The van der Waals surface area contributed by atoms with Gasteiger partial charge >= 0.3 is 11.9 Å². The molecule has 6 nitrogen and oxygen atoms in total. The molecule has 0 amide bonds. The molecule has 42 heavy (non-hydrogen) atoms. The largest absolute Gasteiger partial charge is 0.461 e. The normalized spacial score (nSPS) is 10.9. The van der Waals surface area contributed by atoms with Gasteiger partial charge in [0.1, 0.15) is 29.8 Å². The fraction of sp³-hybridized carbons (Fsp3) is 0.257. The van der Waals surface area contributed by atoms with Crippen LogP contribution in [0.4, 0.5) is 4.39 Å². The number of hydrogen-bond donors (Lipinski definition) is 1. The number of esters is 2. The molecule has 3 aromatic rings. The topological polar surface area (TPSA) is 82.1 Å². The van der Waals surface area contributed by atoms with Crippen molar-refractivity contribution >= 4 is 11.9 Å². The first-order valence-corrected chi connectivity index (χ1v) is 13.9. The number of ether oxygens (including phenoxy) is 3. The van der Waals surface area contributed by atoms with E-state index >= 15 is 4.39 Å². The van der Waals surface area contributed by atoms with E-state index in [1.807, 2.05) is 12.1 Å². The molecule has 0 unspecified atom stereocenters. The number of aliphatic hydroxyl groups excluding tert-OH is 1. The Bertz CT molecular complexity index is 1470. The summed E-state index contributed by atoms with van der Waals surface area (Å²) in [5, 5.41) is 9.62. The molecule has 0 saturated carbocycles. The second kappa shape index (κ2) is 15.5. The molecule has 0 spiro atoms. The number of carbonyl (C=O) groups excluding carboxylic acids is 2. The van der Waals surface area contributed by atoms with Crippen molar-refractivity contribution in [2.24, 2.45) is 0 Å². The van der Waals surface area contributed by atoms with Gasteiger partial charge in [0, 0.05) is 34.4 Å². The van der Waals surface area contributed by atoms with Crippen molar-refractivity contribution in [2.45, 2.75) is 52.9 Å². The van der Waals surface area contributed by atoms with Gasteiger partial charge in [0.15, 0.2) is 0 Å². The van der Waals surface area contributed by atoms with E-state index in [1.165, 1.54) is 44.0 Å².